The summed E-state index contributed by atoms with van der Waals surface area (Å²) >= 11 is 0. The summed E-state index contributed by atoms with van der Waals surface area (Å²) in [6, 6.07) is 3.39. The zero-order valence-corrected chi connectivity index (χ0v) is 8.29. The topological polar surface area (TPSA) is 54.0 Å². The van der Waals surface area contributed by atoms with Crippen LogP contribution in [0.3, 0.4) is 0 Å². The van der Waals surface area contributed by atoms with Crippen molar-refractivity contribution in [3.05, 3.63) is 30.1 Å². The molecule has 0 aromatic carbocycles. The molecule has 1 amide bonds. The minimum atomic E-state index is -0.0506. The van der Waals surface area contributed by atoms with Crippen molar-refractivity contribution in [2.24, 2.45) is 0 Å². The van der Waals surface area contributed by atoms with Gasteiger partial charge < -0.3 is 10.6 Å². The van der Waals surface area contributed by atoms with Crippen molar-refractivity contribution < 1.29 is 4.79 Å². The number of rotatable bonds is 5. The number of aromatic nitrogens is 1. The molecule has 4 heteroatoms. The average Bonchev–Trinajstić information content (AvgIpc) is 2.25. The van der Waals surface area contributed by atoms with Crippen LogP contribution in [0, 0.1) is 0 Å². The van der Waals surface area contributed by atoms with E-state index in [1.54, 1.807) is 24.5 Å². The molecular formula is C10H15N3O. The smallest absolute Gasteiger partial charge is 0.251 e. The van der Waals surface area contributed by atoms with Gasteiger partial charge in [-0.25, -0.2) is 0 Å². The van der Waals surface area contributed by atoms with Crippen LogP contribution in [-0.2, 0) is 0 Å². The van der Waals surface area contributed by atoms with E-state index >= 15 is 0 Å². The second kappa shape index (κ2) is 6.10. The van der Waals surface area contributed by atoms with E-state index in [4.69, 9.17) is 0 Å². The lowest BCUT2D eigenvalue weighted by atomic mass is 10.2. The van der Waals surface area contributed by atoms with Crippen LogP contribution in [-0.4, -0.2) is 30.5 Å². The van der Waals surface area contributed by atoms with E-state index in [-0.39, 0.29) is 5.91 Å². The highest BCUT2D eigenvalue weighted by molar-refractivity contribution is 5.93. The summed E-state index contributed by atoms with van der Waals surface area (Å²) in [5.41, 5.74) is 0.650. The van der Waals surface area contributed by atoms with Crippen molar-refractivity contribution >= 4 is 5.91 Å². The van der Waals surface area contributed by atoms with Gasteiger partial charge in [0.25, 0.3) is 5.91 Å². The third kappa shape index (κ3) is 3.53. The van der Waals surface area contributed by atoms with Gasteiger partial charge in [0.05, 0.1) is 0 Å². The molecular weight excluding hydrogens is 178 g/mol. The fraction of sp³-hybridized carbons (Fsp3) is 0.400. The Morgan fingerprint density at radius 1 is 1.36 bits per heavy atom. The molecule has 0 aliphatic rings. The SMILES string of the molecule is CCNCCNC(=O)c1ccncc1. The monoisotopic (exact) mass is 193 g/mol. The maximum absolute atomic E-state index is 11.4. The van der Waals surface area contributed by atoms with Crippen LogP contribution in [0.5, 0.6) is 0 Å². The molecule has 0 spiro atoms. The van der Waals surface area contributed by atoms with Crippen LogP contribution in [0.2, 0.25) is 0 Å². The Labute approximate surface area is 83.7 Å². The van der Waals surface area contributed by atoms with E-state index in [9.17, 15) is 4.79 Å². The quantitative estimate of drug-likeness (QED) is 0.666. The number of amides is 1. The fourth-order valence-corrected chi connectivity index (χ4v) is 1.05. The van der Waals surface area contributed by atoms with E-state index in [0.29, 0.717) is 12.1 Å². The predicted octanol–water partition coefficient (Wildman–Crippen LogP) is 0.421. The number of carbonyl (C=O) groups is 1. The summed E-state index contributed by atoms with van der Waals surface area (Å²) < 4.78 is 0. The van der Waals surface area contributed by atoms with Crippen molar-refractivity contribution in [2.75, 3.05) is 19.6 Å². The Balaban J connectivity index is 2.29. The molecule has 0 saturated heterocycles. The standard InChI is InChI=1S/C10H15N3O/c1-2-11-7-8-13-10(14)9-3-5-12-6-4-9/h3-6,11H,2,7-8H2,1H3,(H,13,14). The maximum atomic E-state index is 11.4. The number of hydrogen-bond acceptors (Lipinski definition) is 3. The molecule has 0 saturated carbocycles. The molecule has 2 N–H and O–H groups in total. The zero-order valence-electron chi connectivity index (χ0n) is 8.29. The van der Waals surface area contributed by atoms with Gasteiger partial charge in [0.2, 0.25) is 0 Å². The van der Waals surface area contributed by atoms with Gasteiger partial charge in [-0.2, -0.15) is 0 Å². The van der Waals surface area contributed by atoms with Crippen LogP contribution in [0.15, 0.2) is 24.5 Å². The van der Waals surface area contributed by atoms with Crippen molar-refractivity contribution in [1.82, 2.24) is 15.6 Å². The lowest BCUT2D eigenvalue weighted by molar-refractivity contribution is 0.0954. The first-order valence-corrected chi connectivity index (χ1v) is 4.73. The number of nitrogens with zero attached hydrogens (tertiary/aromatic N) is 1. The molecule has 4 nitrogen and oxygen atoms in total. The minimum Gasteiger partial charge on any atom is -0.351 e. The molecule has 0 bridgehead atoms. The molecule has 1 aromatic heterocycles. The molecule has 0 unspecified atom stereocenters. The molecule has 0 aliphatic heterocycles. The van der Waals surface area contributed by atoms with Crippen molar-refractivity contribution in [2.45, 2.75) is 6.92 Å². The van der Waals surface area contributed by atoms with E-state index in [1.807, 2.05) is 6.92 Å². The van der Waals surface area contributed by atoms with Crippen molar-refractivity contribution in [3.8, 4) is 0 Å². The normalized spacial score (nSPS) is 9.79. The summed E-state index contributed by atoms with van der Waals surface area (Å²) in [5, 5.41) is 5.93. The van der Waals surface area contributed by atoms with Gasteiger partial charge in [0.1, 0.15) is 0 Å². The van der Waals surface area contributed by atoms with E-state index in [1.165, 1.54) is 0 Å². The zero-order chi connectivity index (χ0) is 10.2. The summed E-state index contributed by atoms with van der Waals surface area (Å²) in [5.74, 6) is -0.0506. The summed E-state index contributed by atoms with van der Waals surface area (Å²) in [7, 11) is 0. The van der Waals surface area contributed by atoms with Crippen LogP contribution < -0.4 is 10.6 Å². The van der Waals surface area contributed by atoms with E-state index in [0.717, 1.165) is 13.1 Å². The van der Waals surface area contributed by atoms with Crippen LogP contribution in [0.1, 0.15) is 17.3 Å². The lowest BCUT2D eigenvalue weighted by Gasteiger charge is -2.04. The molecule has 0 atom stereocenters. The number of hydrogen-bond donors (Lipinski definition) is 2. The Morgan fingerprint density at radius 2 is 2.07 bits per heavy atom. The molecule has 1 rings (SSSR count). The van der Waals surface area contributed by atoms with Gasteiger partial charge in [-0.15, -0.1) is 0 Å². The van der Waals surface area contributed by atoms with Gasteiger partial charge >= 0.3 is 0 Å². The molecule has 14 heavy (non-hydrogen) atoms. The fourth-order valence-electron chi connectivity index (χ4n) is 1.05. The van der Waals surface area contributed by atoms with Gasteiger partial charge in [0.15, 0.2) is 0 Å². The summed E-state index contributed by atoms with van der Waals surface area (Å²) in [6.45, 7) is 4.40. The highest BCUT2D eigenvalue weighted by Gasteiger charge is 2.02. The predicted molar refractivity (Wildman–Crippen MR) is 55.1 cm³/mol. The highest BCUT2D eigenvalue weighted by atomic mass is 16.1. The molecule has 0 fully saturated rings. The number of pyridine rings is 1. The molecule has 0 aliphatic carbocycles. The Hall–Kier alpha value is -1.42. The van der Waals surface area contributed by atoms with Crippen molar-refractivity contribution in [1.29, 1.82) is 0 Å². The summed E-state index contributed by atoms with van der Waals surface area (Å²) in [4.78, 5) is 15.3. The van der Waals surface area contributed by atoms with Crippen LogP contribution in [0.4, 0.5) is 0 Å². The van der Waals surface area contributed by atoms with E-state index < -0.39 is 0 Å². The van der Waals surface area contributed by atoms with Crippen LogP contribution in [0.25, 0.3) is 0 Å². The first-order chi connectivity index (χ1) is 6.84. The number of nitrogens with one attached hydrogen (secondary N) is 2. The molecule has 1 heterocycles. The number of likely N-dealkylation sites (N-methyl/N-ethyl adjacent to an activating group) is 1. The van der Waals surface area contributed by atoms with Gasteiger partial charge in [0, 0.05) is 31.0 Å². The van der Waals surface area contributed by atoms with E-state index in [2.05, 4.69) is 15.6 Å². The first kappa shape index (κ1) is 10.7. The Kier molecular flexibility index (Phi) is 4.64. The largest absolute Gasteiger partial charge is 0.351 e. The second-order valence-corrected chi connectivity index (χ2v) is 2.85. The summed E-state index contributed by atoms with van der Waals surface area (Å²) in [6.07, 6.45) is 3.22. The third-order valence-electron chi connectivity index (χ3n) is 1.78. The molecule has 1 aromatic rings. The highest BCUT2D eigenvalue weighted by Crippen LogP contribution is 1.94. The van der Waals surface area contributed by atoms with Gasteiger partial charge in [-0.05, 0) is 18.7 Å². The second-order valence-electron chi connectivity index (χ2n) is 2.85. The van der Waals surface area contributed by atoms with Gasteiger partial charge in [-0.3, -0.25) is 9.78 Å². The first-order valence-electron chi connectivity index (χ1n) is 4.73. The Morgan fingerprint density at radius 3 is 2.71 bits per heavy atom. The molecule has 0 radical (unpaired) electrons. The van der Waals surface area contributed by atoms with Crippen molar-refractivity contribution in [3.63, 3.8) is 0 Å². The van der Waals surface area contributed by atoms with Gasteiger partial charge in [-0.1, -0.05) is 6.92 Å². The Bertz CT molecular complexity index is 274. The minimum absolute atomic E-state index is 0.0506. The molecule has 76 valence electrons. The van der Waals surface area contributed by atoms with Crippen LogP contribution >= 0.6 is 0 Å². The average molecular weight is 193 g/mol. The number of carbonyl (C=O) groups excluding carboxylic acids is 1. The third-order valence-corrected chi connectivity index (χ3v) is 1.78. The lowest BCUT2D eigenvalue weighted by Crippen LogP contribution is -2.31. The maximum Gasteiger partial charge on any atom is 0.251 e.